The maximum Gasteiger partial charge on any atom is 0.326 e. The number of carboxylic acids is 1. The quantitative estimate of drug-likeness (QED) is 0.657. The Labute approximate surface area is 126 Å². The van der Waals surface area contributed by atoms with Crippen molar-refractivity contribution in [2.24, 2.45) is 0 Å². The minimum Gasteiger partial charge on any atom is -0.480 e. The first kappa shape index (κ1) is 15.4. The second kappa shape index (κ2) is 5.76. The first-order chi connectivity index (χ1) is 9.82. The van der Waals surface area contributed by atoms with Gasteiger partial charge in [-0.15, -0.1) is 0 Å². The number of aliphatic carboxylic acids is 1. The molecule has 0 spiro atoms. The van der Waals surface area contributed by atoms with Crippen molar-refractivity contribution in [1.82, 2.24) is 4.90 Å². The number of halogens is 2. The van der Waals surface area contributed by atoms with E-state index in [0.717, 1.165) is 11.0 Å². The Balaban J connectivity index is 2.44. The number of carbonyl (C=O) groups excluding carboxylic acids is 1. The molecule has 1 aliphatic rings. The predicted molar refractivity (Wildman–Crippen MR) is 72.4 cm³/mol. The van der Waals surface area contributed by atoms with Crippen molar-refractivity contribution in [3.05, 3.63) is 38.1 Å². The number of nitrogens with zero attached hydrogens (tertiary/aromatic N) is 2. The Bertz CT molecular complexity index is 636. The van der Waals surface area contributed by atoms with E-state index < -0.39 is 34.3 Å². The highest BCUT2D eigenvalue weighted by atomic mass is 79.9. The number of rotatable bonds is 3. The number of hydrogen-bond acceptors (Lipinski definition) is 4. The summed E-state index contributed by atoms with van der Waals surface area (Å²) >= 11 is 2.92. The highest BCUT2D eigenvalue weighted by molar-refractivity contribution is 9.10. The Morgan fingerprint density at radius 3 is 2.71 bits per heavy atom. The van der Waals surface area contributed by atoms with Gasteiger partial charge in [0, 0.05) is 6.54 Å². The molecule has 1 N–H and O–H groups in total. The SMILES string of the molecule is O=C(O)[C@@H]1CCCN1C(=O)c1cc(F)cc([N+](=O)[O-])c1Br. The normalized spacial score (nSPS) is 17.8. The molecule has 0 radical (unpaired) electrons. The first-order valence-corrected chi connectivity index (χ1v) is 6.79. The first-order valence-electron chi connectivity index (χ1n) is 6.00. The van der Waals surface area contributed by atoms with Crippen LogP contribution in [0, 0.1) is 15.9 Å². The van der Waals surface area contributed by atoms with Gasteiger partial charge in [0.1, 0.15) is 16.3 Å². The van der Waals surface area contributed by atoms with E-state index in [1.807, 2.05) is 0 Å². The van der Waals surface area contributed by atoms with Crippen LogP contribution in [0.15, 0.2) is 16.6 Å². The maximum absolute atomic E-state index is 13.5. The molecular formula is C12H10BrFN2O5. The zero-order valence-electron chi connectivity index (χ0n) is 10.6. The fourth-order valence-electron chi connectivity index (χ4n) is 2.28. The van der Waals surface area contributed by atoms with Crippen LogP contribution in [0.1, 0.15) is 23.2 Å². The Hall–Kier alpha value is -2.03. The van der Waals surface area contributed by atoms with Crippen LogP contribution in [0.3, 0.4) is 0 Å². The van der Waals surface area contributed by atoms with Gasteiger partial charge in [-0.05, 0) is 34.8 Å². The molecule has 1 aromatic rings. The highest BCUT2D eigenvalue weighted by Gasteiger charge is 2.36. The summed E-state index contributed by atoms with van der Waals surface area (Å²) in [5, 5.41) is 19.9. The van der Waals surface area contributed by atoms with E-state index in [-0.39, 0.29) is 16.6 Å². The molecule has 1 heterocycles. The van der Waals surface area contributed by atoms with E-state index in [2.05, 4.69) is 15.9 Å². The van der Waals surface area contributed by atoms with E-state index in [0.29, 0.717) is 18.9 Å². The van der Waals surface area contributed by atoms with Crippen LogP contribution < -0.4 is 0 Å². The maximum atomic E-state index is 13.5. The van der Waals surface area contributed by atoms with Crippen molar-refractivity contribution in [1.29, 1.82) is 0 Å². The second-order valence-corrected chi connectivity index (χ2v) is 5.33. The minimum atomic E-state index is -1.15. The van der Waals surface area contributed by atoms with E-state index >= 15 is 0 Å². The number of carboxylic acid groups (broad SMARTS) is 1. The third kappa shape index (κ3) is 2.87. The van der Waals surface area contributed by atoms with E-state index in [1.54, 1.807) is 0 Å². The molecule has 1 aromatic carbocycles. The number of hydrogen-bond donors (Lipinski definition) is 1. The molecule has 0 bridgehead atoms. The summed E-state index contributed by atoms with van der Waals surface area (Å²) in [7, 11) is 0. The van der Waals surface area contributed by atoms with Gasteiger partial charge in [-0.1, -0.05) is 0 Å². The lowest BCUT2D eigenvalue weighted by molar-refractivity contribution is -0.385. The van der Waals surface area contributed by atoms with E-state index in [1.165, 1.54) is 0 Å². The number of amides is 1. The standard InChI is InChI=1S/C12H10BrFN2O5/c13-10-7(4-6(14)5-9(10)16(20)21)11(17)15-3-1-2-8(15)12(18)19/h4-5,8H,1-3H2,(H,18,19)/t8-/m0/s1. The van der Waals surface area contributed by atoms with Crippen molar-refractivity contribution in [3.8, 4) is 0 Å². The van der Waals surface area contributed by atoms with Crippen molar-refractivity contribution < 1.29 is 24.0 Å². The van der Waals surface area contributed by atoms with Gasteiger partial charge < -0.3 is 10.0 Å². The molecule has 7 nitrogen and oxygen atoms in total. The third-order valence-corrected chi connectivity index (χ3v) is 4.08. The van der Waals surface area contributed by atoms with Crippen LogP contribution in [0.5, 0.6) is 0 Å². The number of benzene rings is 1. The molecule has 0 aromatic heterocycles. The van der Waals surface area contributed by atoms with Crippen molar-refractivity contribution in [2.45, 2.75) is 18.9 Å². The number of nitro benzene ring substituents is 1. The van der Waals surface area contributed by atoms with Crippen molar-refractivity contribution in [2.75, 3.05) is 6.54 Å². The zero-order valence-corrected chi connectivity index (χ0v) is 12.2. The zero-order chi connectivity index (χ0) is 15.7. The molecule has 112 valence electrons. The van der Waals surface area contributed by atoms with Crippen LogP contribution in [0.4, 0.5) is 10.1 Å². The van der Waals surface area contributed by atoms with Crippen LogP contribution in [0.25, 0.3) is 0 Å². The average Bonchev–Trinajstić information content (AvgIpc) is 2.89. The summed E-state index contributed by atoms with van der Waals surface area (Å²) in [6.45, 7) is 0.215. The minimum absolute atomic E-state index is 0.157. The molecule has 1 aliphatic heterocycles. The van der Waals surface area contributed by atoms with Gasteiger partial charge in [0.05, 0.1) is 16.6 Å². The van der Waals surface area contributed by atoms with Crippen LogP contribution in [0.2, 0.25) is 0 Å². The second-order valence-electron chi connectivity index (χ2n) is 4.54. The Morgan fingerprint density at radius 2 is 2.14 bits per heavy atom. The topological polar surface area (TPSA) is 101 Å². The van der Waals surface area contributed by atoms with Gasteiger partial charge in [0.15, 0.2) is 0 Å². The molecule has 21 heavy (non-hydrogen) atoms. The molecule has 1 fully saturated rings. The summed E-state index contributed by atoms with van der Waals surface area (Å²) in [6, 6.07) is 0.558. The lowest BCUT2D eigenvalue weighted by atomic mass is 10.1. The summed E-state index contributed by atoms with van der Waals surface area (Å²) in [4.78, 5) is 34.5. The van der Waals surface area contributed by atoms with Crippen molar-refractivity contribution >= 4 is 33.5 Å². The van der Waals surface area contributed by atoms with Gasteiger partial charge in [-0.3, -0.25) is 14.9 Å². The number of likely N-dealkylation sites (tertiary alicyclic amines) is 1. The fourth-order valence-corrected chi connectivity index (χ4v) is 2.83. The molecule has 1 amide bonds. The third-order valence-electron chi connectivity index (χ3n) is 3.24. The highest BCUT2D eigenvalue weighted by Crippen LogP contribution is 2.32. The lowest BCUT2D eigenvalue weighted by Gasteiger charge is -2.21. The van der Waals surface area contributed by atoms with Crippen molar-refractivity contribution in [3.63, 3.8) is 0 Å². The molecular weight excluding hydrogens is 351 g/mol. The molecule has 1 saturated heterocycles. The fraction of sp³-hybridized carbons (Fsp3) is 0.333. The molecule has 1 atom stereocenters. The van der Waals surface area contributed by atoms with Gasteiger partial charge in [-0.25, -0.2) is 9.18 Å². The van der Waals surface area contributed by atoms with Gasteiger partial charge >= 0.3 is 5.97 Å². The summed E-state index contributed by atoms with van der Waals surface area (Å²) in [5.41, 5.74) is -0.834. The molecule has 2 rings (SSSR count). The molecule has 0 aliphatic carbocycles. The molecule has 0 unspecified atom stereocenters. The van der Waals surface area contributed by atoms with Gasteiger partial charge in [-0.2, -0.15) is 0 Å². The number of carbonyl (C=O) groups is 2. The van der Waals surface area contributed by atoms with Gasteiger partial charge in [0.25, 0.3) is 11.6 Å². The van der Waals surface area contributed by atoms with Gasteiger partial charge in [0.2, 0.25) is 0 Å². The summed E-state index contributed by atoms with van der Waals surface area (Å²) in [6.07, 6.45) is 0.813. The summed E-state index contributed by atoms with van der Waals surface area (Å²) < 4.78 is 13.3. The predicted octanol–water partition coefficient (Wildman–Crippen LogP) is 2.19. The smallest absolute Gasteiger partial charge is 0.326 e. The summed E-state index contributed by atoms with van der Waals surface area (Å²) in [5.74, 6) is -2.82. The van der Waals surface area contributed by atoms with Crippen LogP contribution in [-0.2, 0) is 4.79 Å². The van der Waals surface area contributed by atoms with E-state index in [4.69, 9.17) is 5.11 Å². The molecule has 0 saturated carbocycles. The number of nitro groups is 1. The monoisotopic (exact) mass is 360 g/mol. The largest absolute Gasteiger partial charge is 0.480 e. The Morgan fingerprint density at radius 1 is 1.48 bits per heavy atom. The van der Waals surface area contributed by atoms with Crippen LogP contribution in [-0.4, -0.2) is 39.4 Å². The van der Waals surface area contributed by atoms with Crippen LogP contribution >= 0.6 is 15.9 Å². The Kier molecular flexibility index (Phi) is 4.21. The molecule has 9 heteroatoms. The lowest BCUT2D eigenvalue weighted by Crippen LogP contribution is -2.40. The average molecular weight is 361 g/mol. The van der Waals surface area contributed by atoms with E-state index in [9.17, 15) is 24.1 Å².